The van der Waals surface area contributed by atoms with E-state index in [1.807, 2.05) is 23.5 Å². The van der Waals surface area contributed by atoms with Gasteiger partial charge in [-0.3, -0.25) is 4.90 Å². The van der Waals surface area contributed by atoms with Gasteiger partial charge in [0.05, 0.1) is 17.1 Å². The highest BCUT2D eigenvalue weighted by Gasteiger charge is 2.23. The molecule has 1 aliphatic heterocycles. The van der Waals surface area contributed by atoms with E-state index >= 15 is 0 Å². The van der Waals surface area contributed by atoms with Crippen LogP contribution in [0.25, 0.3) is 11.0 Å². The molecule has 2 N–H and O–H groups in total. The Balaban J connectivity index is 1.52. The number of imidazole rings is 1. The maximum absolute atomic E-state index is 4.73. The van der Waals surface area contributed by atoms with E-state index in [1.54, 1.807) is 0 Å². The van der Waals surface area contributed by atoms with Crippen LogP contribution in [0.2, 0.25) is 0 Å². The van der Waals surface area contributed by atoms with Crippen molar-refractivity contribution >= 4 is 22.4 Å². The van der Waals surface area contributed by atoms with Crippen molar-refractivity contribution < 1.29 is 0 Å². The maximum Gasteiger partial charge on any atom is 0.125 e. The number of fused-ring (bicyclic) bond motifs is 1. The lowest BCUT2D eigenvalue weighted by Gasteiger charge is -2.32. The van der Waals surface area contributed by atoms with Crippen LogP contribution in [-0.4, -0.2) is 34.5 Å². The fourth-order valence-electron chi connectivity index (χ4n) is 2.90. The first-order valence-corrected chi connectivity index (χ1v) is 8.19. The Morgan fingerprint density at radius 3 is 3.05 bits per heavy atom. The summed E-state index contributed by atoms with van der Waals surface area (Å²) < 4.78 is 0. The number of aromatic nitrogens is 2. The number of benzene rings is 1. The lowest BCUT2D eigenvalue weighted by Crippen LogP contribution is -2.45. The van der Waals surface area contributed by atoms with E-state index in [0.29, 0.717) is 0 Å². The van der Waals surface area contributed by atoms with Crippen molar-refractivity contribution in [1.29, 1.82) is 0 Å². The molecule has 0 amide bonds. The maximum atomic E-state index is 4.73. The Morgan fingerprint density at radius 2 is 2.19 bits per heavy atom. The molecule has 0 radical (unpaired) electrons. The van der Waals surface area contributed by atoms with Gasteiger partial charge in [0, 0.05) is 31.1 Å². The molecule has 3 heterocycles. The van der Waals surface area contributed by atoms with Crippen LogP contribution in [0.5, 0.6) is 0 Å². The van der Waals surface area contributed by atoms with E-state index in [2.05, 4.69) is 44.8 Å². The van der Waals surface area contributed by atoms with Gasteiger partial charge in [-0.2, -0.15) is 0 Å². The van der Waals surface area contributed by atoms with Gasteiger partial charge in [-0.1, -0.05) is 18.2 Å². The van der Waals surface area contributed by atoms with E-state index < -0.39 is 0 Å². The van der Waals surface area contributed by atoms with Gasteiger partial charge in [0.1, 0.15) is 5.82 Å². The monoisotopic (exact) mass is 298 g/mol. The van der Waals surface area contributed by atoms with Crippen molar-refractivity contribution in [2.75, 3.05) is 19.6 Å². The lowest BCUT2D eigenvalue weighted by molar-refractivity contribution is 0.191. The molecule has 0 aliphatic carbocycles. The molecular weight excluding hydrogens is 280 g/mol. The first kappa shape index (κ1) is 13.0. The number of piperazine rings is 1. The van der Waals surface area contributed by atoms with E-state index in [4.69, 9.17) is 4.98 Å². The number of rotatable bonds is 3. The molecule has 1 saturated heterocycles. The van der Waals surface area contributed by atoms with Crippen molar-refractivity contribution in [3.05, 3.63) is 52.5 Å². The molecule has 108 valence electrons. The topological polar surface area (TPSA) is 44.0 Å². The molecule has 4 nitrogen and oxygen atoms in total. The van der Waals surface area contributed by atoms with Crippen molar-refractivity contribution in [3.8, 4) is 0 Å². The van der Waals surface area contributed by atoms with Crippen LogP contribution >= 0.6 is 11.3 Å². The summed E-state index contributed by atoms with van der Waals surface area (Å²) >= 11 is 1.83. The summed E-state index contributed by atoms with van der Waals surface area (Å²) in [6.07, 6.45) is 0. The van der Waals surface area contributed by atoms with Gasteiger partial charge >= 0.3 is 0 Å². The zero-order chi connectivity index (χ0) is 14.1. The smallest absolute Gasteiger partial charge is 0.125 e. The van der Waals surface area contributed by atoms with Crippen LogP contribution in [0.3, 0.4) is 0 Å². The van der Waals surface area contributed by atoms with Crippen LogP contribution in [0.4, 0.5) is 0 Å². The average molecular weight is 298 g/mol. The number of para-hydroxylation sites is 2. The highest BCUT2D eigenvalue weighted by atomic mass is 32.1. The van der Waals surface area contributed by atoms with Gasteiger partial charge in [-0.05, 0) is 23.6 Å². The Bertz CT molecular complexity index is 686. The second-order valence-electron chi connectivity index (χ2n) is 5.46. The molecule has 5 heteroatoms. The third-order valence-electron chi connectivity index (χ3n) is 3.96. The van der Waals surface area contributed by atoms with E-state index in [9.17, 15) is 0 Å². The zero-order valence-corrected chi connectivity index (χ0v) is 12.6. The summed E-state index contributed by atoms with van der Waals surface area (Å²) in [5.41, 5.74) is 2.16. The number of nitrogens with one attached hydrogen (secondary N) is 2. The second-order valence-corrected chi connectivity index (χ2v) is 6.49. The van der Waals surface area contributed by atoms with Crippen molar-refractivity contribution in [2.24, 2.45) is 0 Å². The van der Waals surface area contributed by atoms with Crippen LogP contribution in [0, 0.1) is 0 Å². The molecule has 0 bridgehead atoms. The Morgan fingerprint density at radius 1 is 1.24 bits per heavy atom. The van der Waals surface area contributed by atoms with Crippen molar-refractivity contribution in [1.82, 2.24) is 20.2 Å². The largest absolute Gasteiger partial charge is 0.341 e. The summed E-state index contributed by atoms with van der Waals surface area (Å²) in [5, 5.41) is 5.72. The SMILES string of the molecule is c1csc(CN2CCNC(c3nc4ccccc4[nH]3)C2)c1. The Kier molecular flexibility index (Phi) is 3.47. The molecule has 4 rings (SSSR count). The molecule has 21 heavy (non-hydrogen) atoms. The van der Waals surface area contributed by atoms with Gasteiger partial charge in [0.25, 0.3) is 0 Å². The van der Waals surface area contributed by atoms with Gasteiger partial charge in [-0.25, -0.2) is 4.98 Å². The van der Waals surface area contributed by atoms with Crippen molar-refractivity contribution in [2.45, 2.75) is 12.6 Å². The number of H-pyrrole nitrogens is 1. The standard InChI is InChI=1S/C16H18N4S/c1-2-6-14-13(5-1)18-16(19-14)15-11-20(8-7-17-15)10-12-4-3-9-21-12/h1-6,9,15,17H,7-8,10-11H2,(H,18,19). The number of aromatic amines is 1. The van der Waals surface area contributed by atoms with Gasteiger partial charge in [-0.15, -0.1) is 11.3 Å². The second kappa shape index (κ2) is 5.60. The fraction of sp³-hybridized carbons (Fsp3) is 0.312. The number of nitrogens with zero attached hydrogens (tertiary/aromatic N) is 2. The molecule has 2 aromatic heterocycles. The summed E-state index contributed by atoms with van der Waals surface area (Å²) in [4.78, 5) is 12.1. The highest BCUT2D eigenvalue weighted by Crippen LogP contribution is 2.20. The number of hydrogen-bond acceptors (Lipinski definition) is 4. The minimum Gasteiger partial charge on any atom is -0.341 e. The molecule has 1 aromatic carbocycles. The van der Waals surface area contributed by atoms with E-state index in [-0.39, 0.29) is 6.04 Å². The predicted molar refractivity (Wildman–Crippen MR) is 86.4 cm³/mol. The molecule has 0 saturated carbocycles. The first-order chi connectivity index (χ1) is 10.4. The summed E-state index contributed by atoms with van der Waals surface area (Å²) in [6, 6.07) is 12.8. The molecule has 1 atom stereocenters. The minimum atomic E-state index is 0.283. The molecule has 3 aromatic rings. The number of thiophene rings is 1. The summed E-state index contributed by atoms with van der Waals surface area (Å²) in [7, 11) is 0. The number of hydrogen-bond donors (Lipinski definition) is 2. The summed E-state index contributed by atoms with van der Waals surface area (Å²) in [5.74, 6) is 1.05. The lowest BCUT2D eigenvalue weighted by atomic mass is 10.2. The van der Waals surface area contributed by atoms with Crippen LogP contribution in [0.15, 0.2) is 41.8 Å². The van der Waals surface area contributed by atoms with Gasteiger partial charge in [0.2, 0.25) is 0 Å². The van der Waals surface area contributed by atoms with Crippen LogP contribution in [0.1, 0.15) is 16.7 Å². The minimum absolute atomic E-state index is 0.283. The van der Waals surface area contributed by atoms with Crippen LogP contribution < -0.4 is 5.32 Å². The molecule has 1 unspecified atom stereocenters. The first-order valence-electron chi connectivity index (χ1n) is 7.31. The molecule has 1 fully saturated rings. The van der Waals surface area contributed by atoms with E-state index in [0.717, 1.165) is 43.0 Å². The van der Waals surface area contributed by atoms with Gasteiger partial charge in [0.15, 0.2) is 0 Å². The van der Waals surface area contributed by atoms with Crippen LogP contribution in [-0.2, 0) is 6.54 Å². The Labute approximate surface area is 127 Å². The van der Waals surface area contributed by atoms with E-state index in [1.165, 1.54) is 4.88 Å². The third-order valence-corrected chi connectivity index (χ3v) is 4.82. The summed E-state index contributed by atoms with van der Waals surface area (Å²) in [6.45, 7) is 4.13. The van der Waals surface area contributed by atoms with Crippen molar-refractivity contribution in [3.63, 3.8) is 0 Å². The highest BCUT2D eigenvalue weighted by molar-refractivity contribution is 7.09. The van der Waals surface area contributed by atoms with Gasteiger partial charge < -0.3 is 10.3 Å². The Hall–Kier alpha value is -1.69. The average Bonchev–Trinajstić information content (AvgIpc) is 3.16. The molecular formula is C16H18N4S. The third kappa shape index (κ3) is 2.72. The molecule has 1 aliphatic rings. The quantitative estimate of drug-likeness (QED) is 0.781. The molecule has 0 spiro atoms. The predicted octanol–water partition coefficient (Wildman–Crippen LogP) is 2.77. The fourth-order valence-corrected chi connectivity index (χ4v) is 3.64. The zero-order valence-electron chi connectivity index (χ0n) is 11.7. The normalized spacial score (nSPS) is 20.1.